The maximum atomic E-state index is 12.9. The zero-order valence-corrected chi connectivity index (χ0v) is 22.5. The number of hydrogen-bond acceptors (Lipinski definition) is 7. The van der Waals surface area contributed by atoms with Crippen molar-refractivity contribution in [3.05, 3.63) is 69.8 Å². The Morgan fingerprint density at radius 1 is 1.22 bits per heavy atom. The molecule has 1 amide bonds. The Kier molecular flexibility index (Phi) is 7.96. The largest absolute Gasteiger partial charge is 0.598 e. The fraction of sp³-hybridized carbons (Fsp3) is 0.320. The molecule has 1 aromatic heterocycles. The highest BCUT2D eigenvalue weighted by atomic mass is 35.5. The Bertz CT molecular complexity index is 1270. The van der Waals surface area contributed by atoms with E-state index >= 15 is 0 Å². The molecule has 190 valence electrons. The number of aromatic nitrogens is 2. The lowest BCUT2D eigenvalue weighted by atomic mass is 10.0. The molecule has 1 aliphatic rings. The topological polar surface area (TPSA) is 116 Å². The Morgan fingerprint density at radius 3 is 2.69 bits per heavy atom. The number of halogens is 2. The van der Waals surface area contributed by atoms with Gasteiger partial charge in [-0.3, -0.25) is 0 Å². The van der Waals surface area contributed by atoms with Crippen molar-refractivity contribution in [1.29, 1.82) is 0 Å². The lowest BCUT2D eigenvalue weighted by molar-refractivity contribution is 0.209. The zero-order chi connectivity index (χ0) is 26.0. The van der Waals surface area contributed by atoms with Gasteiger partial charge in [0.1, 0.15) is 10.4 Å². The zero-order valence-electron chi connectivity index (χ0n) is 20.1. The van der Waals surface area contributed by atoms with Gasteiger partial charge in [0.15, 0.2) is 5.82 Å². The third-order valence-electron chi connectivity index (χ3n) is 5.74. The van der Waals surface area contributed by atoms with Gasteiger partial charge < -0.3 is 19.9 Å². The number of fused-ring (bicyclic) bond motifs is 1. The third-order valence-corrected chi connectivity index (χ3v) is 8.17. The molecule has 4 rings (SSSR count). The number of amides is 1. The van der Waals surface area contributed by atoms with Gasteiger partial charge in [-0.05, 0) is 44.4 Å². The van der Waals surface area contributed by atoms with E-state index in [2.05, 4.69) is 14.7 Å². The van der Waals surface area contributed by atoms with Gasteiger partial charge in [0.05, 0.1) is 22.3 Å². The number of nitrogens with two attached hydrogens (primary N) is 1. The summed E-state index contributed by atoms with van der Waals surface area (Å²) in [6.07, 6.45) is 1.26. The summed E-state index contributed by atoms with van der Waals surface area (Å²) < 4.78 is 21.0. The highest BCUT2D eigenvalue weighted by Gasteiger charge is 2.32. The van der Waals surface area contributed by atoms with Gasteiger partial charge in [0, 0.05) is 30.0 Å². The van der Waals surface area contributed by atoms with Gasteiger partial charge in [-0.25, -0.2) is 9.78 Å². The number of nitrogens with zero attached hydrogens (tertiary/aromatic N) is 3. The van der Waals surface area contributed by atoms with E-state index < -0.39 is 22.2 Å². The minimum absolute atomic E-state index is 0.0646. The average molecular weight is 548 g/mol. The molecular weight excluding hydrogens is 521 g/mol. The van der Waals surface area contributed by atoms with Crippen molar-refractivity contribution in [2.45, 2.75) is 44.5 Å². The summed E-state index contributed by atoms with van der Waals surface area (Å²) in [5.74, 6) is 0.436. The van der Waals surface area contributed by atoms with Gasteiger partial charge >= 0.3 is 6.09 Å². The second kappa shape index (κ2) is 10.8. The predicted molar refractivity (Wildman–Crippen MR) is 144 cm³/mol. The Hall–Kier alpha value is -2.56. The molecule has 0 aliphatic carbocycles. The Labute approximate surface area is 223 Å². The van der Waals surface area contributed by atoms with Gasteiger partial charge in [-0.15, -0.1) is 4.72 Å². The predicted octanol–water partition coefficient (Wildman–Crippen LogP) is 5.41. The quantitative estimate of drug-likeness (QED) is 0.410. The van der Waals surface area contributed by atoms with Crippen LogP contribution in [-0.4, -0.2) is 31.9 Å². The molecule has 0 unspecified atom stereocenters. The first kappa shape index (κ1) is 26.5. The van der Waals surface area contributed by atoms with E-state index in [-0.39, 0.29) is 22.6 Å². The summed E-state index contributed by atoms with van der Waals surface area (Å²) in [6.45, 7) is 6.95. The number of hydrogen-bond donors (Lipinski definition) is 2. The number of carbonyl (C=O) groups excluding carboxylic acids is 1. The van der Waals surface area contributed by atoms with Crippen molar-refractivity contribution in [2.75, 3.05) is 11.4 Å². The van der Waals surface area contributed by atoms with Gasteiger partial charge in [-0.1, -0.05) is 59.6 Å². The Morgan fingerprint density at radius 2 is 1.97 bits per heavy atom. The highest BCUT2D eigenvalue weighted by Crippen LogP contribution is 2.38. The molecule has 8 nitrogen and oxygen atoms in total. The van der Waals surface area contributed by atoms with Crippen LogP contribution in [0.5, 0.6) is 5.88 Å². The SMILES string of the molecule is CC(C)(C)[S@@+]([O-])N[C@H]1CCN(c2cnc(-c3cccc(Cl)c3Cl)c(OC(N)=O)n2)Cc2ccccc21. The van der Waals surface area contributed by atoms with Crippen molar-refractivity contribution in [3.8, 4) is 17.1 Å². The summed E-state index contributed by atoms with van der Waals surface area (Å²) >= 11 is 11.3. The molecule has 2 atom stereocenters. The minimum Gasteiger partial charge on any atom is -0.598 e. The minimum atomic E-state index is -1.24. The summed E-state index contributed by atoms with van der Waals surface area (Å²) in [5.41, 5.74) is 8.19. The smallest absolute Gasteiger partial charge is 0.411 e. The molecule has 3 N–H and O–H groups in total. The van der Waals surface area contributed by atoms with Crippen molar-refractivity contribution in [3.63, 3.8) is 0 Å². The van der Waals surface area contributed by atoms with Crippen LogP contribution >= 0.6 is 23.2 Å². The van der Waals surface area contributed by atoms with Crippen molar-refractivity contribution in [2.24, 2.45) is 5.73 Å². The molecule has 36 heavy (non-hydrogen) atoms. The molecule has 0 radical (unpaired) electrons. The Balaban J connectivity index is 1.69. The van der Waals surface area contributed by atoms with E-state index in [4.69, 9.17) is 33.7 Å². The third kappa shape index (κ3) is 5.87. The van der Waals surface area contributed by atoms with E-state index in [1.54, 1.807) is 24.4 Å². The molecule has 0 saturated carbocycles. The standard InChI is InChI=1S/C25H27Cl2N5O3S/c1-25(2,3)36(34)31-19-11-12-32(14-15-7-4-5-8-16(15)19)20-13-29-22(23(30-20)35-24(28)33)17-9-6-10-18(26)21(17)27/h4-10,13,19,31H,11-12,14H2,1-3H3,(H2,28,33)/t19-,36+/m0/s1. The van der Waals surface area contributed by atoms with Crippen LogP contribution in [0.4, 0.5) is 10.6 Å². The van der Waals surface area contributed by atoms with E-state index in [9.17, 15) is 9.35 Å². The lowest BCUT2D eigenvalue weighted by Gasteiger charge is -2.28. The van der Waals surface area contributed by atoms with Gasteiger partial charge in [-0.2, -0.15) is 4.98 Å². The fourth-order valence-electron chi connectivity index (χ4n) is 3.92. The molecule has 0 bridgehead atoms. The van der Waals surface area contributed by atoms with Crippen molar-refractivity contribution >= 4 is 46.5 Å². The number of rotatable bonds is 5. The first-order chi connectivity index (χ1) is 17.0. The second-order valence-electron chi connectivity index (χ2n) is 9.37. The molecular formula is C25H27Cl2N5O3S. The molecule has 0 fully saturated rings. The van der Waals surface area contributed by atoms with Crippen LogP contribution in [0, 0.1) is 0 Å². The van der Waals surface area contributed by atoms with Gasteiger partial charge in [0.25, 0.3) is 5.88 Å². The first-order valence-electron chi connectivity index (χ1n) is 11.3. The first-order valence-corrected chi connectivity index (χ1v) is 13.2. The molecule has 2 heterocycles. The van der Waals surface area contributed by atoms with Crippen molar-refractivity contribution < 1.29 is 14.1 Å². The number of anilines is 1. The van der Waals surface area contributed by atoms with Gasteiger partial charge in [0.2, 0.25) is 0 Å². The van der Waals surface area contributed by atoms with E-state index in [1.165, 1.54) is 0 Å². The average Bonchev–Trinajstić information content (AvgIpc) is 3.00. The normalized spacial score (nSPS) is 16.7. The van der Waals surface area contributed by atoms with Crippen LogP contribution in [0.3, 0.4) is 0 Å². The highest BCUT2D eigenvalue weighted by molar-refractivity contribution is 7.90. The number of nitrogens with one attached hydrogen (secondary N) is 1. The van der Waals surface area contributed by atoms with Crippen LogP contribution in [0.15, 0.2) is 48.7 Å². The number of primary amides is 1. The summed E-state index contributed by atoms with van der Waals surface area (Å²) in [7, 11) is 0. The van der Waals surface area contributed by atoms with Crippen LogP contribution < -0.4 is 20.1 Å². The molecule has 1 aliphatic heterocycles. The summed E-state index contributed by atoms with van der Waals surface area (Å²) in [5, 5.41) is 0.598. The molecule has 2 aromatic carbocycles. The molecule has 0 spiro atoms. The van der Waals surface area contributed by atoms with Crippen molar-refractivity contribution in [1.82, 2.24) is 14.7 Å². The molecule has 0 saturated heterocycles. The van der Waals surface area contributed by atoms with E-state index in [0.717, 1.165) is 11.1 Å². The molecule has 3 aromatic rings. The monoisotopic (exact) mass is 547 g/mol. The molecule has 11 heteroatoms. The summed E-state index contributed by atoms with van der Waals surface area (Å²) in [6, 6.07) is 13.0. The maximum absolute atomic E-state index is 12.9. The maximum Gasteiger partial charge on any atom is 0.411 e. The van der Waals surface area contributed by atoms with Crippen LogP contribution in [0.25, 0.3) is 11.3 Å². The van der Waals surface area contributed by atoms with Crippen LogP contribution in [-0.2, 0) is 17.9 Å². The van der Waals surface area contributed by atoms with Crippen LogP contribution in [0.1, 0.15) is 44.4 Å². The van der Waals surface area contributed by atoms with Crippen LogP contribution in [0.2, 0.25) is 10.0 Å². The van der Waals surface area contributed by atoms with E-state index in [1.807, 2.05) is 49.9 Å². The number of ether oxygens (including phenoxy) is 1. The number of benzene rings is 2. The fourth-order valence-corrected chi connectivity index (χ4v) is 5.17. The second-order valence-corrected chi connectivity index (χ2v) is 12.1. The summed E-state index contributed by atoms with van der Waals surface area (Å²) in [4.78, 5) is 22.8. The van der Waals surface area contributed by atoms with E-state index in [0.29, 0.717) is 35.9 Å². The number of carbonyl (C=O) groups is 1. The lowest BCUT2D eigenvalue weighted by Crippen LogP contribution is -2.41.